The quantitative estimate of drug-likeness (QED) is 0.815. The smallest absolute Gasteiger partial charge is 0.409 e. The van der Waals surface area contributed by atoms with Gasteiger partial charge in [0.2, 0.25) is 0 Å². The van der Waals surface area contributed by atoms with Crippen molar-refractivity contribution < 1.29 is 19.1 Å². The summed E-state index contributed by atoms with van der Waals surface area (Å²) in [6, 6.07) is 6.86. The molecule has 2 amide bonds. The predicted octanol–water partition coefficient (Wildman–Crippen LogP) is 2.66. The maximum atomic E-state index is 12.2. The fraction of sp³-hybridized carbons (Fsp3) is 0.529. The zero-order valence-corrected chi connectivity index (χ0v) is 14.8. The van der Waals surface area contributed by atoms with E-state index in [1.807, 2.05) is 13.8 Å². The fourth-order valence-electron chi connectivity index (χ4n) is 2.23. The molecule has 0 unspecified atom stereocenters. The van der Waals surface area contributed by atoms with Crippen molar-refractivity contribution in [2.75, 3.05) is 39.4 Å². The SMILES string of the molecule is CC(C)COC(=O)N1CCN(C(=O)COc2ccc(Cl)cc2)CC1. The third-order valence-electron chi connectivity index (χ3n) is 3.61. The topological polar surface area (TPSA) is 59.1 Å². The van der Waals surface area contributed by atoms with Crippen molar-refractivity contribution in [3.8, 4) is 5.75 Å². The van der Waals surface area contributed by atoms with E-state index >= 15 is 0 Å². The van der Waals surface area contributed by atoms with Crippen LogP contribution < -0.4 is 4.74 Å². The molecule has 7 heteroatoms. The number of rotatable bonds is 5. The molecule has 0 atom stereocenters. The Morgan fingerprint density at radius 3 is 2.25 bits per heavy atom. The first-order valence-electron chi connectivity index (χ1n) is 8.03. The van der Waals surface area contributed by atoms with Gasteiger partial charge in [-0.15, -0.1) is 0 Å². The zero-order valence-electron chi connectivity index (χ0n) is 14.0. The summed E-state index contributed by atoms with van der Waals surface area (Å²) in [6.45, 7) is 6.29. The average Bonchev–Trinajstić information content (AvgIpc) is 2.59. The van der Waals surface area contributed by atoms with E-state index in [4.69, 9.17) is 21.1 Å². The van der Waals surface area contributed by atoms with Crippen LogP contribution in [0.3, 0.4) is 0 Å². The van der Waals surface area contributed by atoms with Gasteiger partial charge in [0.25, 0.3) is 5.91 Å². The Bertz CT molecular complexity index is 554. The summed E-state index contributed by atoms with van der Waals surface area (Å²) in [5, 5.41) is 0.620. The number of hydrogen-bond donors (Lipinski definition) is 0. The molecule has 1 aromatic rings. The Kier molecular flexibility index (Phi) is 6.73. The van der Waals surface area contributed by atoms with Crippen molar-refractivity contribution in [2.24, 2.45) is 5.92 Å². The second kappa shape index (κ2) is 8.78. The molecule has 0 radical (unpaired) electrons. The Balaban J connectivity index is 1.72. The van der Waals surface area contributed by atoms with E-state index in [-0.39, 0.29) is 18.6 Å². The van der Waals surface area contributed by atoms with Crippen LogP contribution in [0.2, 0.25) is 5.02 Å². The maximum Gasteiger partial charge on any atom is 0.409 e. The first-order valence-corrected chi connectivity index (χ1v) is 8.41. The van der Waals surface area contributed by atoms with Crippen LogP contribution in [0.25, 0.3) is 0 Å². The molecule has 1 aliphatic heterocycles. The van der Waals surface area contributed by atoms with E-state index in [1.165, 1.54) is 0 Å². The molecule has 1 fully saturated rings. The minimum atomic E-state index is -0.312. The lowest BCUT2D eigenvalue weighted by Crippen LogP contribution is -2.51. The Morgan fingerprint density at radius 1 is 1.08 bits per heavy atom. The van der Waals surface area contributed by atoms with E-state index in [9.17, 15) is 9.59 Å². The highest BCUT2D eigenvalue weighted by Gasteiger charge is 2.25. The van der Waals surface area contributed by atoms with Crippen molar-refractivity contribution in [3.63, 3.8) is 0 Å². The molecule has 2 rings (SSSR count). The molecule has 0 N–H and O–H groups in total. The fourth-order valence-corrected chi connectivity index (χ4v) is 2.36. The molecule has 0 spiro atoms. The largest absolute Gasteiger partial charge is 0.484 e. The van der Waals surface area contributed by atoms with Gasteiger partial charge in [0, 0.05) is 31.2 Å². The van der Waals surface area contributed by atoms with E-state index in [0.29, 0.717) is 49.5 Å². The summed E-state index contributed by atoms with van der Waals surface area (Å²) in [6.07, 6.45) is -0.312. The van der Waals surface area contributed by atoms with Gasteiger partial charge in [-0.05, 0) is 30.2 Å². The number of piperazine rings is 1. The summed E-state index contributed by atoms with van der Waals surface area (Å²) in [4.78, 5) is 27.4. The van der Waals surface area contributed by atoms with Crippen LogP contribution in [0.15, 0.2) is 24.3 Å². The summed E-state index contributed by atoms with van der Waals surface area (Å²) in [5.74, 6) is 0.811. The minimum Gasteiger partial charge on any atom is -0.484 e. The van der Waals surface area contributed by atoms with E-state index in [0.717, 1.165) is 0 Å². The van der Waals surface area contributed by atoms with Gasteiger partial charge in [-0.2, -0.15) is 0 Å². The number of nitrogens with zero attached hydrogens (tertiary/aromatic N) is 2. The van der Waals surface area contributed by atoms with Crippen LogP contribution >= 0.6 is 11.6 Å². The number of benzene rings is 1. The maximum absolute atomic E-state index is 12.2. The molecule has 6 nitrogen and oxygen atoms in total. The molecule has 0 bridgehead atoms. The number of hydrogen-bond acceptors (Lipinski definition) is 4. The van der Waals surface area contributed by atoms with E-state index in [1.54, 1.807) is 34.1 Å². The van der Waals surface area contributed by atoms with Gasteiger partial charge >= 0.3 is 6.09 Å². The predicted molar refractivity (Wildman–Crippen MR) is 91.3 cm³/mol. The summed E-state index contributed by atoms with van der Waals surface area (Å²) in [5.41, 5.74) is 0. The van der Waals surface area contributed by atoms with Gasteiger partial charge in [-0.25, -0.2) is 4.79 Å². The molecule has 0 aromatic heterocycles. The molecule has 0 saturated carbocycles. The zero-order chi connectivity index (χ0) is 17.5. The van der Waals surface area contributed by atoms with Crippen molar-refractivity contribution in [2.45, 2.75) is 13.8 Å². The van der Waals surface area contributed by atoms with Gasteiger partial charge < -0.3 is 19.3 Å². The van der Waals surface area contributed by atoms with E-state index in [2.05, 4.69) is 0 Å². The Labute approximate surface area is 147 Å². The number of amides is 2. The van der Waals surface area contributed by atoms with Crippen LogP contribution in [0.1, 0.15) is 13.8 Å². The number of halogens is 1. The third-order valence-corrected chi connectivity index (χ3v) is 3.86. The minimum absolute atomic E-state index is 0.0283. The van der Waals surface area contributed by atoms with Gasteiger partial charge in [0.1, 0.15) is 5.75 Å². The van der Waals surface area contributed by atoms with Crippen LogP contribution in [0.5, 0.6) is 5.75 Å². The summed E-state index contributed by atoms with van der Waals surface area (Å²) >= 11 is 5.80. The van der Waals surface area contributed by atoms with E-state index < -0.39 is 0 Å². The summed E-state index contributed by atoms with van der Waals surface area (Å²) in [7, 11) is 0. The molecule has 1 aromatic carbocycles. The van der Waals surface area contributed by atoms with Crippen LogP contribution in [-0.4, -0.2) is 61.2 Å². The molecular weight excluding hydrogens is 332 g/mol. The average molecular weight is 355 g/mol. The highest BCUT2D eigenvalue weighted by Crippen LogP contribution is 2.15. The second-order valence-electron chi connectivity index (χ2n) is 6.08. The van der Waals surface area contributed by atoms with Crippen molar-refractivity contribution in [3.05, 3.63) is 29.3 Å². The van der Waals surface area contributed by atoms with Gasteiger partial charge in [-0.3, -0.25) is 4.79 Å². The lowest BCUT2D eigenvalue weighted by molar-refractivity contribution is -0.135. The first kappa shape index (κ1) is 18.4. The highest BCUT2D eigenvalue weighted by molar-refractivity contribution is 6.30. The number of ether oxygens (including phenoxy) is 2. The highest BCUT2D eigenvalue weighted by atomic mass is 35.5. The van der Waals surface area contributed by atoms with Crippen molar-refractivity contribution in [1.82, 2.24) is 9.80 Å². The number of carbonyl (C=O) groups is 2. The van der Waals surface area contributed by atoms with Crippen molar-refractivity contribution in [1.29, 1.82) is 0 Å². The standard InChI is InChI=1S/C17H23ClN2O4/c1-13(2)11-24-17(22)20-9-7-19(8-10-20)16(21)12-23-15-5-3-14(18)4-6-15/h3-6,13H,7-12H2,1-2H3. The van der Waals surface area contributed by atoms with Crippen LogP contribution in [0.4, 0.5) is 4.79 Å². The molecule has 1 saturated heterocycles. The number of carbonyl (C=O) groups excluding carboxylic acids is 2. The molecule has 1 aliphatic rings. The molecule has 1 heterocycles. The normalized spacial score (nSPS) is 14.7. The summed E-state index contributed by atoms with van der Waals surface area (Å²) < 4.78 is 10.7. The lowest BCUT2D eigenvalue weighted by atomic mass is 10.2. The van der Waals surface area contributed by atoms with Crippen molar-refractivity contribution >= 4 is 23.6 Å². The lowest BCUT2D eigenvalue weighted by Gasteiger charge is -2.34. The van der Waals surface area contributed by atoms with Gasteiger partial charge in [0.15, 0.2) is 6.61 Å². The molecule has 132 valence electrons. The third kappa shape index (κ3) is 5.60. The van der Waals surface area contributed by atoms with Gasteiger partial charge in [-0.1, -0.05) is 25.4 Å². The first-order chi connectivity index (χ1) is 11.5. The van der Waals surface area contributed by atoms with Gasteiger partial charge in [0.05, 0.1) is 6.61 Å². The Morgan fingerprint density at radius 2 is 1.67 bits per heavy atom. The second-order valence-corrected chi connectivity index (χ2v) is 6.52. The van der Waals surface area contributed by atoms with Crippen LogP contribution in [-0.2, 0) is 9.53 Å². The molecular formula is C17H23ClN2O4. The monoisotopic (exact) mass is 354 g/mol. The van der Waals surface area contributed by atoms with Crippen LogP contribution in [0, 0.1) is 5.92 Å². The molecule has 0 aliphatic carbocycles. The molecule has 24 heavy (non-hydrogen) atoms. The Hall–Kier alpha value is -1.95.